The Morgan fingerprint density at radius 3 is 2.29 bits per heavy atom. The lowest BCUT2D eigenvalue weighted by atomic mass is 10.1. The van der Waals surface area contributed by atoms with Crippen molar-refractivity contribution in [2.75, 3.05) is 13.7 Å². The highest BCUT2D eigenvalue weighted by Gasteiger charge is 2.22. The van der Waals surface area contributed by atoms with Crippen molar-refractivity contribution in [3.63, 3.8) is 0 Å². The van der Waals surface area contributed by atoms with Crippen LogP contribution in [-0.4, -0.2) is 13.7 Å². The second kappa shape index (κ2) is 8.40. The van der Waals surface area contributed by atoms with Crippen LogP contribution < -0.4 is 5.09 Å². The Morgan fingerprint density at radius 1 is 1.05 bits per heavy atom. The van der Waals surface area contributed by atoms with Gasteiger partial charge in [0.25, 0.3) is 0 Å². The summed E-state index contributed by atoms with van der Waals surface area (Å²) >= 11 is 1.26. The van der Waals surface area contributed by atoms with Crippen molar-refractivity contribution in [3.05, 3.63) is 66.2 Å². The minimum atomic E-state index is -2.88. The van der Waals surface area contributed by atoms with Crippen LogP contribution in [0.2, 0.25) is 0 Å². The van der Waals surface area contributed by atoms with Gasteiger partial charge in [-0.25, -0.2) is 5.09 Å². The molecule has 0 bridgehead atoms. The first-order chi connectivity index (χ1) is 10.2. The minimum Gasteiger partial charge on any atom is -0.313 e. The number of rotatable bonds is 8. The second-order valence-corrected chi connectivity index (χ2v) is 8.90. The van der Waals surface area contributed by atoms with Gasteiger partial charge in [-0.05, 0) is 41.9 Å². The van der Waals surface area contributed by atoms with E-state index in [1.807, 2.05) is 48.5 Å². The fourth-order valence-electron chi connectivity index (χ4n) is 1.91. The van der Waals surface area contributed by atoms with Crippen LogP contribution in [0.3, 0.4) is 0 Å². The smallest absolute Gasteiger partial charge is 0.313 e. The summed E-state index contributed by atoms with van der Waals surface area (Å²) in [5.74, 6) is 0. The molecule has 0 radical (unpaired) electrons. The monoisotopic (exact) mass is 321 g/mol. The molecule has 0 saturated heterocycles. The molecule has 2 aromatic rings. The largest absolute Gasteiger partial charge is 0.330 e. The molecule has 2 rings (SSSR count). The molecule has 3 nitrogen and oxygen atoms in total. The SMILES string of the molecule is COP(=O)(NCCCc1ccccc1)Sc1ccccc1. The average Bonchev–Trinajstić information content (AvgIpc) is 2.54. The maximum atomic E-state index is 12.6. The third-order valence-corrected chi connectivity index (χ3v) is 7.00. The zero-order valence-electron chi connectivity index (χ0n) is 12.1. The van der Waals surface area contributed by atoms with Gasteiger partial charge in [-0.2, -0.15) is 0 Å². The van der Waals surface area contributed by atoms with Crippen LogP contribution in [0.4, 0.5) is 0 Å². The summed E-state index contributed by atoms with van der Waals surface area (Å²) in [7, 11) is 1.49. The molecule has 1 N–H and O–H groups in total. The highest BCUT2D eigenvalue weighted by molar-refractivity contribution is 8.56. The van der Waals surface area contributed by atoms with E-state index in [9.17, 15) is 4.57 Å². The Morgan fingerprint density at radius 2 is 1.67 bits per heavy atom. The van der Waals surface area contributed by atoms with Crippen LogP contribution in [0.5, 0.6) is 0 Å². The summed E-state index contributed by atoms with van der Waals surface area (Å²) in [5.41, 5.74) is 1.29. The van der Waals surface area contributed by atoms with Gasteiger partial charge >= 0.3 is 6.72 Å². The summed E-state index contributed by atoms with van der Waals surface area (Å²) in [6.45, 7) is -2.21. The molecular formula is C16H20NO2PS. The Balaban J connectivity index is 1.80. The highest BCUT2D eigenvalue weighted by Crippen LogP contribution is 2.58. The quantitative estimate of drug-likeness (QED) is 0.562. The van der Waals surface area contributed by atoms with Crippen LogP contribution in [0, 0.1) is 0 Å². The summed E-state index contributed by atoms with van der Waals surface area (Å²) in [4.78, 5) is 0.943. The number of hydrogen-bond donors (Lipinski definition) is 1. The summed E-state index contributed by atoms with van der Waals surface area (Å²) < 4.78 is 17.8. The van der Waals surface area contributed by atoms with Crippen molar-refractivity contribution in [1.82, 2.24) is 5.09 Å². The molecule has 21 heavy (non-hydrogen) atoms. The van der Waals surface area contributed by atoms with Crippen LogP contribution >= 0.6 is 18.1 Å². The van der Waals surface area contributed by atoms with Crippen LogP contribution in [0.15, 0.2) is 65.6 Å². The summed E-state index contributed by atoms with van der Waals surface area (Å²) in [6, 6.07) is 20.0. The molecule has 0 fully saturated rings. The molecule has 1 unspecified atom stereocenters. The van der Waals surface area contributed by atoms with E-state index in [4.69, 9.17) is 4.52 Å². The van der Waals surface area contributed by atoms with Gasteiger partial charge in [-0.15, -0.1) is 0 Å². The third-order valence-electron chi connectivity index (χ3n) is 3.00. The first-order valence-electron chi connectivity index (χ1n) is 6.91. The number of benzene rings is 2. The van der Waals surface area contributed by atoms with E-state index in [-0.39, 0.29) is 0 Å². The molecule has 0 aliphatic heterocycles. The van der Waals surface area contributed by atoms with E-state index in [0.29, 0.717) is 6.54 Å². The minimum absolute atomic E-state index is 0.667. The van der Waals surface area contributed by atoms with Crippen molar-refractivity contribution >= 4 is 18.1 Å². The van der Waals surface area contributed by atoms with E-state index in [1.54, 1.807) is 0 Å². The van der Waals surface area contributed by atoms with Gasteiger partial charge in [-0.3, -0.25) is 4.57 Å². The second-order valence-electron chi connectivity index (χ2n) is 4.58. The molecule has 2 aromatic carbocycles. The fraction of sp³-hybridized carbons (Fsp3) is 0.250. The Bertz CT molecular complexity index is 577. The zero-order chi connectivity index (χ0) is 15.0. The number of aryl methyl sites for hydroxylation is 1. The van der Waals surface area contributed by atoms with Crippen molar-refractivity contribution in [2.24, 2.45) is 0 Å². The Labute approximate surface area is 130 Å². The molecular weight excluding hydrogens is 301 g/mol. The third kappa shape index (κ3) is 5.68. The van der Waals surface area contributed by atoms with Crippen molar-refractivity contribution < 1.29 is 9.09 Å². The molecule has 0 saturated carbocycles. The van der Waals surface area contributed by atoms with Crippen LogP contribution in [-0.2, 0) is 15.5 Å². The van der Waals surface area contributed by atoms with Crippen LogP contribution in [0.25, 0.3) is 0 Å². The van der Waals surface area contributed by atoms with Gasteiger partial charge in [0.1, 0.15) is 0 Å². The predicted molar refractivity (Wildman–Crippen MR) is 89.7 cm³/mol. The van der Waals surface area contributed by atoms with E-state index in [1.165, 1.54) is 24.1 Å². The summed E-state index contributed by atoms with van der Waals surface area (Å²) in [5, 5.41) is 3.06. The lowest BCUT2D eigenvalue weighted by Crippen LogP contribution is -2.12. The molecule has 1 atom stereocenters. The molecule has 0 aliphatic rings. The van der Waals surface area contributed by atoms with Crippen molar-refractivity contribution in [3.8, 4) is 0 Å². The van der Waals surface area contributed by atoms with E-state index < -0.39 is 6.72 Å². The topological polar surface area (TPSA) is 38.3 Å². The van der Waals surface area contributed by atoms with E-state index in [2.05, 4.69) is 17.2 Å². The molecule has 0 aromatic heterocycles. The first-order valence-corrected chi connectivity index (χ1v) is 9.96. The molecule has 112 valence electrons. The molecule has 5 heteroatoms. The Kier molecular flexibility index (Phi) is 6.52. The van der Waals surface area contributed by atoms with Crippen molar-refractivity contribution in [2.45, 2.75) is 17.7 Å². The van der Waals surface area contributed by atoms with Gasteiger partial charge in [-0.1, -0.05) is 48.5 Å². The number of nitrogens with one attached hydrogen (secondary N) is 1. The van der Waals surface area contributed by atoms with Gasteiger partial charge in [0.15, 0.2) is 0 Å². The zero-order valence-corrected chi connectivity index (χ0v) is 13.8. The average molecular weight is 321 g/mol. The van der Waals surface area contributed by atoms with Gasteiger partial charge < -0.3 is 4.52 Å². The van der Waals surface area contributed by atoms with Crippen LogP contribution in [0.1, 0.15) is 12.0 Å². The lowest BCUT2D eigenvalue weighted by molar-refractivity contribution is 0.398. The first kappa shape index (κ1) is 16.3. The molecule has 0 heterocycles. The predicted octanol–water partition coefficient (Wildman–Crippen LogP) is 4.76. The normalized spacial score (nSPS) is 13.8. The van der Waals surface area contributed by atoms with E-state index in [0.717, 1.165) is 17.7 Å². The van der Waals surface area contributed by atoms with Gasteiger partial charge in [0, 0.05) is 18.6 Å². The van der Waals surface area contributed by atoms with Gasteiger partial charge in [0.05, 0.1) is 0 Å². The molecule has 0 spiro atoms. The maximum Gasteiger partial charge on any atom is 0.330 e. The fourth-order valence-corrected chi connectivity index (χ4v) is 5.05. The van der Waals surface area contributed by atoms with Crippen molar-refractivity contribution in [1.29, 1.82) is 0 Å². The van der Waals surface area contributed by atoms with E-state index >= 15 is 0 Å². The maximum absolute atomic E-state index is 12.6. The standard InChI is InChI=1S/C16H20NO2PS/c1-19-20(18,21-16-12-6-3-7-13-16)17-14-8-11-15-9-4-2-5-10-15/h2-7,9-10,12-13H,8,11,14H2,1H3,(H,17,18). The summed E-state index contributed by atoms with van der Waals surface area (Å²) in [6.07, 6.45) is 1.89. The van der Waals surface area contributed by atoms with Gasteiger partial charge in [0.2, 0.25) is 0 Å². The molecule has 0 aliphatic carbocycles. The lowest BCUT2D eigenvalue weighted by Gasteiger charge is -2.16. The number of hydrogen-bond acceptors (Lipinski definition) is 3. The molecule has 0 amide bonds. The highest BCUT2D eigenvalue weighted by atomic mass is 32.7. The Hall–Kier alpha value is -1.06.